The lowest BCUT2D eigenvalue weighted by Gasteiger charge is -2.30. The molecule has 0 fully saturated rings. The molecule has 8 aromatic rings. The van der Waals surface area contributed by atoms with Gasteiger partial charge in [-0.1, -0.05) is 131 Å². The van der Waals surface area contributed by atoms with E-state index in [1.165, 1.54) is 98.4 Å². The van der Waals surface area contributed by atoms with Crippen molar-refractivity contribution >= 4 is 53.9 Å². The number of hydrogen-bond donors (Lipinski definition) is 0. The Morgan fingerprint density at radius 3 is 1.74 bits per heavy atom. The molecule has 198 valence electrons. The molecule has 0 spiro atoms. The molecule has 0 heteroatoms. The molecule has 0 amide bonds. The predicted octanol–water partition coefficient (Wildman–Crippen LogP) is 11.5. The zero-order valence-corrected chi connectivity index (χ0v) is 24.4. The summed E-state index contributed by atoms with van der Waals surface area (Å²) in [6, 6.07) is 41.7. The van der Waals surface area contributed by atoms with Crippen LogP contribution in [0.1, 0.15) is 49.9 Å². The van der Waals surface area contributed by atoms with Crippen molar-refractivity contribution in [1.82, 2.24) is 0 Å². The third-order valence-electron chi connectivity index (χ3n) is 10.9. The first-order valence-electron chi connectivity index (χ1n) is 15.2. The van der Waals surface area contributed by atoms with Crippen LogP contribution in [0.2, 0.25) is 0 Å². The second-order valence-electron chi connectivity index (χ2n) is 13.7. The highest BCUT2D eigenvalue weighted by molar-refractivity contribution is 6.27. The summed E-state index contributed by atoms with van der Waals surface area (Å²) in [5.41, 5.74) is 11.4. The summed E-state index contributed by atoms with van der Waals surface area (Å²) in [6.45, 7) is 9.81. The lowest BCUT2D eigenvalue weighted by atomic mass is 9.72. The highest BCUT2D eigenvalue weighted by Crippen LogP contribution is 2.61. The molecule has 0 aliphatic heterocycles. The van der Waals surface area contributed by atoms with E-state index in [2.05, 4.69) is 137 Å². The summed E-state index contributed by atoms with van der Waals surface area (Å²) in [5, 5.41) is 13.6. The summed E-state index contributed by atoms with van der Waals surface area (Å²) < 4.78 is 0. The van der Waals surface area contributed by atoms with E-state index in [0.717, 1.165) is 0 Å². The second kappa shape index (κ2) is 7.20. The smallest absolute Gasteiger partial charge is 0.0162 e. The molecule has 0 saturated heterocycles. The molecule has 0 saturated carbocycles. The van der Waals surface area contributed by atoms with Crippen LogP contribution in [0.3, 0.4) is 0 Å². The van der Waals surface area contributed by atoms with Gasteiger partial charge in [-0.3, -0.25) is 0 Å². The molecular weight excluding hydrogens is 504 g/mol. The quantitative estimate of drug-likeness (QED) is 0.170. The number of fused-ring (bicyclic) bond motifs is 12. The highest BCUT2D eigenvalue weighted by Gasteiger charge is 2.46. The van der Waals surface area contributed by atoms with Gasteiger partial charge in [0.2, 0.25) is 0 Å². The van der Waals surface area contributed by atoms with Crippen LogP contribution in [-0.2, 0) is 10.8 Å². The first-order chi connectivity index (χ1) is 20.4. The molecule has 0 bridgehead atoms. The van der Waals surface area contributed by atoms with E-state index in [0.29, 0.717) is 0 Å². The lowest BCUT2D eigenvalue weighted by Crippen LogP contribution is -2.24. The van der Waals surface area contributed by atoms with Gasteiger partial charge >= 0.3 is 0 Å². The van der Waals surface area contributed by atoms with Gasteiger partial charge in [0.25, 0.3) is 0 Å². The lowest BCUT2D eigenvalue weighted by molar-refractivity contribution is 0.602. The van der Waals surface area contributed by atoms with E-state index >= 15 is 0 Å². The van der Waals surface area contributed by atoms with E-state index in [9.17, 15) is 0 Å². The fourth-order valence-corrected chi connectivity index (χ4v) is 9.08. The number of hydrogen-bond acceptors (Lipinski definition) is 0. The predicted molar refractivity (Wildman–Crippen MR) is 180 cm³/mol. The molecule has 0 radical (unpaired) electrons. The summed E-state index contributed by atoms with van der Waals surface area (Å²) in [7, 11) is 0. The van der Waals surface area contributed by atoms with Crippen LogP contribution in [0.25, 0.3) is 76.1 Å². The van der Waals surface area contributed by atoms with E-state index < -0.39 is 0 Å². The maximum absolute atomic E-state index is 2.51. The van der Waals surface area contributed by atoms with Crippen molar-refractivity contribution in [3.63, 3.8) is 0 Å². The molecule has 0 heterocycles. The highest BCUT2D eigenvalue weighted by atomic mass is 14.5. The van der Waals surface area contributed by atoms with Crippen LogP contribution in [0.4, 0.5) is 0 Å². The Labute approximate surface area is 245 Å². The van der Waals surface area contributed by atoms with Crippen LogP contribution in [0.15, 0.2) is 109 Å². The minimum absolute atomic E-state index is 0.0957. The van der Waals surface area contributed by atoms with E-state index in [1.807, 2.05) is 0 Å². The molecule has 8 aromatic carbocycles. The summed E-state index contributed by atoms with van der Waals surface area (Å²) in [4.78, 5) is 0. The molecular formula is C42H30. The van der Waals surface area contributed by atoms with Gasteiger partial charge in [-0.2, -0.15) is 0 Å². The second-order valence-corrected chi connectivity index (χ2v) is 13.7. The van der Waals surface area contributed by atoms with Gasteiger partial charge in [0.15, 0.2) is 0 Å². The van der Waals surface area contributed by atoms with Gasteiger partial charge in [0, 0.05) is 10.8 Å². The molecule has 10 rings (SSSR count). The minimum atomic E-state index is -0.109. The fourth-order valence-electron chi connectivity index (χ4n) is 9.08. The van der Waals surface area contributed by atoms with Crippen LogP contribution in [0.5, 0.6) is 0 Å². The molecule has 42 heavy (non-hydrogen) atoms. The molecule has 0 aromatic heterocycles. The maximum Gasteiger partial charge on any atom is 0.0162 e. The third kappa shape index (κ3) is 2.49. The van der Waals surface area contributed by atoms with Gasteiger partial charge in [-0.25, -0.2) is 0 Å². The van der Waals surface area contributed by atoms with Crippen LogP contribution in [-0.4, -0.2) is 0 Å². The molecule has 0 unspecified atom stereocenters. The van der Waals surface area contributed by atoms with Gasteiger partial charge in [0.05, 0.1) is 0 Å². The molecule has 0 nitrogen and oxygen atoms in total. The largest absolute Gasteiger partial charge is 0.0616 e. The van der Waals surface area contributed by atoms with Gasteiger partial charge in [0.1, 0.15) is 0 Å². The van der Waals surface area contributed by atoms with Crippen molar-refractivity contribution < 1.29 is 0 Å². The number of rotatable bonds is 0. The van der Waals surface area contributed by atoms with Crippen LogP contribution in [0, 0.1) is 0 Å². The molecule has 2 aliphatic carbocycles. The van der Waals surface area contributed by atoms with E-state index in [4.69, 9.17) is 0 Å². The van der Waals surface area contributed by atoms with Crippen molar-refractivity contribution in [2.24, 2.45) is 0 Å². The normalized spacial score (nSPS) is 16.0. The standard InChI is InChI=1S/C42H30/c1-41(2)33-21-20-28-27-11-6-5-8-23(27)14-16-29(28)37(33)31-18-19-32-38-30-17-15-25-10-7-9-24-12-13-26(36(30)35(24)25)22-34(38)42(3,4)40(32)39(31)41/h5-22H,1-4H3. The Morgan fingerprint density at radius 2 is 0.952 bits per heavy atom. The zero-order chi connectivity index (χ0) is 28.1. The van der Waals surface area contributed by atoms with Gasteiger partial charge in [-0.15, -0.1) is 0 Å². The van der Waals surface area contributed by atoms with Crippen molar-refractivity contribution in [1.29, 1.82) is 0 Å². The molecule has 0 atom stereocenters. The number of benzene rings is 8. The van der Waals surface area contributed by atoms with Crippen molar-refractivity contribution in [3.8, 4) is 22.3 Å². The average Bonchev–Trinajstić information content (AvgIpc) is 3.38. The Kier molecular flexibility index (Phi) is 3.93. The first kappa shape index (κ1) is 22.9. The summed E-state index contributed by atoms with van der Waals surface area (Å²) in [5.74, 6) is 0. The monoisotopic (exact) mass is 534 g/mol. The first-order valence-corrected chi connectivity index (χ1v) is 15.2. The topological polar surface area (TPSA) is 0 Å². The van der Waals surface area contributed by atoms with Crippen molar-refractivity contribution in [3.05, 3.63) is 131 Å². The van der Waals surface area contributed by atoms with Crippen LogP contribution >= 0.6 is 0 Å². The minimum Gasteiger partial charge on any atom is -0.0616 e. The third-order valence-corrected chi connectivity index (χ3v) is 10.9. The summed E-state index contributed by atoms with van der Waals surface area (Å²) in [6.07, 6.45) is 0. The Hall–Kier alpha value is -4.68. The van der Waals surface area contributed by atoms with Crippen molar-refractivity contribution in [2.75, 3.05) is 0 Å². The van der Waals surface area contributed by atoms with E-state index in [1.54, 1.807) is 0 Å². The Bertz CT molecular complexity index is 2490. The zero-order valence-electron chi connectivity index (χ0n) is 24.4. The Balaban J connectivity index is 1.33. The molecule has 0 N–H and O–H groups in total. The fraction of sp³-hybridized carbons (Fsp3) is 0.143. The van der Waals surface area contributed by atoms with Crippen LogP contribution < -0.4 is 0 Å². The Morgan fingerprint density at radius 1 is 0.381 bits per heavy atom. The average molecular weight is 535 g/mol. The van der Waals surface area contributed by atoms with Crippen molar-refractivity contribution in [2.45, 2.75) is 38.5 Å². The maximum atomic E-state index is 2.51. The SMILES string of the molecule is CC1(C)c2ccc3c(ccc4ccccc43)c2-c2ccc3c(c21)C(C)(C)c1cc2ccc4cccc5ccc(c1-3)c2c45. The van der Waals surface area contributed by atoms with Gasteiger partial charge < -0.3 is 0 Å². The molecule has 2 aliphatic rings. The summed E-state index contributed by atoms with van der Waals surface area (Å²) >= 11 is 0. The van der Waals surface area contributed by atoms with E-state index in [-0.39, 0.29) is 10.8 Å². The van der Waals surface area contributed by atoms with Gasteiger partial charge in [-0.05, 0) is 104 Å².